The first kappa shape index (κ1) is 14.1. The molecule has 2 unspecified atom stereocenters. The zero-order valence-electron chi connectivity index (χ0n) is 12.8. The standard InChI is InChI=1S/C18H25NS/c1-17(2,3)15-9-4-5-11-18(15,19)14-8-6-7-13-10-12-20-16(13)14/h6-8,10,12,15H,4-5,9,11,19H2,1-3H3. The highest BCUT2D eigenvalue weighted by atomic mass is 32.1. The van der Waals surface area contributed by atoms with Crippen LogP contribution in [0.5, 0.6) is 0 Å². The van der Waals surface area contributed by atoms with Crippen molar-refractivity contribution in [2.45, 2.75) is 52.0 Å². The van der Waals surface area contributed by atoms with Gasteiger partial charge >= 0.3 is 0 Å². The molecule has 108 valence electrons. The third-order valence-corrected chi connectivity index (χ3v) is 5.94. The summed E-state index contributed by atoms with van der Waals surface area (Å²) in [6, 6.07) is 8.85. The second-order valence-corrected chi connectivity index (χ2v) is 8.27. The molecule has 20 heavy (non-hydrogen) atoms. The van der Waals surface area contributed by atoms with Crippen LogP contribution >= 0.6 is 11.3 Å². The maximum atomic E-state index is 7.04. The minimum atomic E-state index is -0.166. The molecule has 2 heteroatoms. The molecule has 1 heterocycles. The lowest BCUT2D eigenvalue weighted by Crippen LogP contribution is -2.51. The van der Waals surface area contributed by atoms with Crippen LogP contribution in [0.2, 0.25) is 0 Å². The fourth-order valence-electron chi connectivity index (χ4n) is 4.09. The maximum Gasteiger partial charge on any atom is 0.0457 e. The molecule has 1 saturated carbocycles. The van der Waals surface area contributed by atoms with Gasteiger partial charge in [0.05, 0.1) is 0 Å². The van der Waals surface area contributed by atoms with Crippen LogP contribution in [0.15, 0.2) is 29.6 Å². The molecule has 1 aromatic carbocycles. The molecule has 3 rings (SSSR count). The molecule has 2 atom stereocenters. The van der Waals surface area contributed by atoms with E-state index in [9.17, 15) is 0 Å². The minimum Gasteiger partial charge on any atom is -0.321 e. The Morgan fingerprint density at radius 3 is 2.75 bits per heavy atom. The molecule has 0 bridgehead atoms. The molecular weight excluding hydrogens is 262 g/mol. The summed E-state index contributed by atoms with van der Waals surface area (Å²) in [7, 11) is 0. The molecule has 0 saturated heterocycles. The van der Waals surface area contributed by atoms with Gasteiger partial charge in [-0.3, -0.25) is 0 Å². The second kappa shape index (κ2) is 4.85. The predicted octanol–water partition coefficient (Wildman–Crippen LogP) is 5.29. The molecule has 2 N–H and O–H groups in total. The highest BCUT2D eigenvalue weighted by Crippen LogP contribution is 2.50. The van der Waals surface area contributed by atoms with E-state index in [4.69, 9.17) is 5.73 Å². The van der Waals surface area contributed by atoms with Gasteiger partial charge in [-0.2, -0.15) is 0 Å². The topological polar surface area (TPSA) is 26.0 Å². The molecule has 2 aromatic rings. The Kier molecular flexibility index (Phi) is 3.42. The van der Waals surface area contributed by atoms with E-state index >= 15 is 0 Å². The fraction of sp³-hybridized carbons (Fsp3) is 0.556. The Hall–Kier alpha value is -0.860. The van der Waals surface area contributed by atoms with Crippen LogP contribution in [0, 0.1) is 11.3 Å². The predicted molar refractivity (Wildman–Crippen MR) is 89.1 cm³/mol. The van der Waals surface area contributed by atoms with Crippen LogP contribution in [0.3, 0.4) is 0 Å². The molecule has 0 spiro atoms. The van der Waals surface area contributed by atoms with Gasteiger partial charge in [0.1, 0.15) is 0 Å². The zero-order valence-corrected chi connectivity index (χ0v) is 13.6. The van der Waals surface area contributed by atoms with Gasteiger partial charge in [-0.1, -0.05) is 51.8 Å². The van der Waals surface area contributed by atoms with E-state index in [0.717, 1.165) is 6.42 Å². The first-order valence-electron chi connectivity index (χ1n) is 7.68. The van der Waals surface area contributed by atoms with Crippen LogP contribution in [0.1, 0.15) is 52.0 Å². The quantitative estimate of drug-likeness (QED) is 0.757. The number of rotatable bonds is 1. The van der Waals surface area contributed by atoms with E-state index in [-0.39, 0.29) is 11.0 Å². The smallest absolute Gasteiger partial charge is 0.0457 e. The van der Waals surface area contributed by atoms with Crippen LogP contribution in [-0.4, -0.2) is 0 Å². The van der Waals surface area contributed by atoms with Gasteiger partial charge in [0.25, 0.3) is 0 Å². The van der Waals surface area contributed by atoms with Crippen LogP contribution in [-0.2, 0) is 5.54 Å². The molecule has 0 aliphatic heterocycles. The Morgan fingerprint density at radius 1 is 1.20 bits per heavy atom. The van der Waals surface area contributed by atoms with E-state index < -0.39 is 0 Å². The SMILES string of the molecule is CC(C)(C)C1CCCCC1(N)c1cccc2ccsc12. The summed E-state index contributed by atoms with van der Waals surface area (Å²) in [6.07, 6.45) is 4.94. The summed E-state index contributed by atoms with van der Waals surface area (Å²) >= 11 is 1.84. The van der Waals surface area contributed by atoms with E-state index in [1.54, 1.807) is 0 Å². The lowest BCUT2D eigenvalue weighted by atomic mass is 9.60. The van der Waals surface area contributed by atoms with Crippen molar-refractivity contribution in [3.05, 3.63) is 35.2 Å². The van der Waals surface area contributed by atoms with Gasteiger partial charge in [0.15, 0.2) is 0 Å². The molecule has 0 radical (unpaired) electrons. The molecule has 1 nitrogen and oxygen atoms in total. The first-order chi connectivity index (χ1) is 9.43. The summed E-state index contributed by atoms with van der Waals surface area (Å²) in [5.74, 6) is 0.552. The fourth-order valence-corrected chi connectivity index (χ4v) is 5.09. The van der Waals surface area contributed by atoms with E-state index in [0.29, 0.717) is 5.92 Å². The Bertz CT molecular complexity index is 607. The lowest BCUT2D eigenvalue weighted by molar-refractivity contribution is 0.0789. The van der Waals surface area contributed by atoms with Crippen molar-refractivity contribution >= 4 is 21.4 Å². The third-order valence-electron chi connectivity index (χ3n) is 4.98. The van der Waals surface area contributed by atoms with Crippen molar-refractivity contribution in [3.8, 4) is 0 Å². The van der Waals surface area contributed by atoms with Crippen molar-refractivity contribution in [1.82, 2.24) is 0 Å². The first-order valence-corrected chi connectivity index (χ1v) is 8.56. The molecule has 1 aliphatic rings. The molecule has 0 amide bonds. The summed E-state index contributed by atoms with van der Waals surface area (Å²) in [6.45, 7) is 7.04. The number of thiophene rings is 1. The van der Waals surface area contributed by atoms with Gasteiger partial charge in [-0.05, 0) is 46.6 Å². The third kappa shape index (κ3) is 2.19. The second-order valence-electron chi connectivity index (χ2n) is 7.35. The van der Waals surface area contributed by atoms with Crippen molar-refractivity contribution < 1.29 is 0 Å². The van der Waals surface area contributed by atoms with Gasteiger partial charge in [0, 0.05) is 10.2 Å². The number of nitrogens with two attached hydrogens (primary N) is 1. The number of fused-ring (bicyclic) bond motifs is 1. The average Bonchev–Trinajstić information content (AvgIpc) is 2.85. The Labute approximate surface area is 126 Å². The van der Waals surface area contributed by atoms with Gasteiger partial charge in [0.2, 0.25) is 0 Å². The largest absolute Gasteiger partial charge is 0.321 e. The van der Waals surface area contributed by atoms with Crippen LogP contribution in [0.4, 0.5) is 0 Å². The van der Waals surface area contributed by atoms with Crippen molar-refractivity contribution in [2.75, 3.05) is 0 Å². The lowest BCUT2D eigenvalue weighted by Gasteiger charge is -2.48. The highest BCUT2D eigenvalue weighted by molar-refractivity contribution is 7.17. The number of hydrogen-bond donors (Lipinski definition) is 1. The zero-order chi connectivity index (χ0) is 14.4. The molecular formula is C18H25NS. The summed E-state index contributed by atoms with van der Waals surface area (Å²) in [5.41, 5.74) is 8.51. The van der Waals surface area contributed by atoms with Crippen molar-refractivity contribution in [3.63, 3.8) is 0 Å². The monoisotopic (exact) mass is 287 g/mol. The van der Waals surface area contributed by atoms with Crippen molar-refractivity contribution in [2.24, 2.45) is 17.1 Å². The molecule has 1 aliphatic carbocycles. The summed E-state index contributed by atoms with van der Waals surface area (Å²) < 4.78 is 1.39. The van der Waals surface area contributed by atoms with Gasteiger partial charge in [-0.25, -0.2) is 0 Å². The normalized spacial score (nSPS) is 27.9. The maximum absolute atomic E-state index is 7.04. The van der Waals surface area contributed by atoms with E-state index in [1.165, 1.54) is 34.9 Å². The van der Waals surface area contributed by atoms with Crippen molar-refractivity contribution in [1.29, 1.82) is 0 Å². The Morgan fingerprint density at radius 2 is 2.00 bits per heavy atom. The van der Waals surface area contributed by atoms with Crippen LogP contribution < -0.4 is 5.73 Å². The highest BCUT2D eigenvalue weighted by Gasteiger charge is 2.45. The Balaban J connectivity index is 2.16. The number of hydrogen-bond acceptors (Lipinski definition) is 2. The van der Waals surface area contributed by atoms with E-state index in [2.05, 4.69) is 50.4 Å². The molecule has 1 aromatic heterocycles. The average molecular weight is 287 g/mol. The van der Waals surface area contributed by atoms with Crippen LogP contribution in [0.25, 0.3) is 10.1 Å². The van der Waals surface area contributed by atoms with E-state index in [1.807, 2.05) is 11.3 Å². The van der Waals surface area contributed by atoms with Gasteiger partial charge in [-0.15, -0.1) is 11.3 Å². The summed E-state index contributed by atoms with van der Waals surface area (Å²) in [5, 5.41) is 3.53. The molecule has 1 fully saturated rings. The minimum absolute atomic E-state index is 0.166. The van der Waals surface area contributed by atoms with Gasteiger partial charge < -0.3 is 5.73 Å². The number of benzene rings is 1. The summed E-state index contributed by atoms with van der Waals surface area (Å²) in [4.78, 5) is 0.